The lowest BCUT2D eigenvalue weighted by Crippen LogP contribution is -2.42. The number of fused-ring (bicyclic) bond motifs is 1. The van der Waals surface area contributed by atoms with Gasteiger partial charge in [0.15, 0.2) is 11.5 Å². The van der Waals surface area contributed by atoms with Gasteiger partial charge < -0.3 is 14.8 Å². The van der Waals surface area contributed by atoms with Crippen LogP contribution in [0.5, 0.6) is 11.5 Å². The van der Waals surface area contributed by atoms with E-state index in [1.165, 1.54) is 37.7 Å². The molecule has 1 saturated carbocycles. The molecule has 0 spiro atoms. The zero-order valence-electron chi connectivity index (χ0n) is 11.9. The van der Waals surface area contributed by atoms with Crippen molar-refractivity contribution in [1.29, 1.82) is 0 Å². The van der Waals surface area contributed by atoms with Gasteiger partial charge in [0.25, 0.3) is 0 Å². The third kappa shape index (κ3) is 2.00. The van der Waals surface area contributed by atoms with E-state index in [0.29, 0.717) is 11.5 Å². The first-order chi connectivity index (χ1) is 9.30. The van der Waals surface area contributed by atoms with Crippen molar-refractivity contribution in [2.75, 3.05) is 20.8 Å². The van der Waals surface area contributed by atoms with Gasteiger partial charge in [0.05, 0.1) is 14.2 Å². The first-order valence-corrected chi connectivity index (χ1v) is 7.26. The summed E-state index contributed by atoms with van der Waals surface area (Å²) in [6.45, 7) is 1.14. The van der Waals surface area contributed by atoms with Crippen molar-refractivity contribution < 1.29 is 9.47 Å². The van der Waals surface area contributed by atoms with Gasteiger partial charge in [-0.2, -0.15) is 0 Å². The largest absolute Gasteiger partial charge is 0.493 e. The average molecular weight is 261 g/mol. The van der Waals surface area contributed by atoms with E-state index in [9.17, 15) is 0 Å². The van der Waals surface area contributed by atoms with Crippen LogP contribution in [0.3, 0.4) is 0 Å². The Labute approximate surface area is 115 Å². The average Bonchev–Trinajstić information content (AvgIpc) is 2.91. The number of hydrogen-bond donors (Lipinski definition) is 1. The van der Waals surface area contributed by atoms with Crippen molar-refractivity contribution in [1.82, 2.24) is 5.32 Å². The predicted octanol–water partition coefficient (Wildman–Crippen LogP) is 2.88. The van der Waals surface area contributed by atoms with E-state index in [0.717, 1.165) is 18.0 Å². The van der Waals surface area contributed by atoms with Crippen LogP contribution in [-0.2, 0) is 5.41 Å². The molecule has 1 aromatic carbocycles. The smallest absolute Gasteiger partial charge is 0.161 e. The van der Waals surface area contributed by atoms with Gasteiger partial charge in [-0.1, -0.05) is 18.9 Å². The second-order valence-corrected chi connectivity index (χ2v) is 5.73. The number of benzene rings is 1. The second-order valence-electron chi connectivity index (χ2n) is 5.73. The van der Waals surface area contributed by atoms with Crippen molar-refractivity contribution >= 4 is 0 Å². The van der Waals surface area contributed by atoms with Crippen LogP contribution in [0.1, 0.15) is 37.7 Å². The quantitative estimate of drug-likeness (QED) is 0.907. The number of rotatable bonds is 3. The van der Waals surface area contributed by atoms with E-state index < -0.39 is 0 Å². The van der Waals surface area contributed by atoms with Crippen molar-refractivity contribution in [3.05, 3.63) is 23.8 Å². The fraction of sp³-hybridized carbons (Fsp3) is 0.625. The second kappa shape index (κ2) is 5.04. The van der Waals surface area contributed by atoms with Gasteiger partial charge in [0.1, 0.15) is 0 Å². The highest BCUT2D eigenvalue weighted by Gasteiger charge is 2.45. The van der Waals surface area contributed by atoms with E-state index in [1.54, 1.807) is 14.2 Å². The number of ether oxygens (including phenoxy) is 2. The zero-order chi connectivity index (χ0) is 13.3. The first kappa shape index (κ1) is 12.8. The Balaban J connectivity index is 2.00. The molecule has 1 aliphatic heterocycles. The maximum Gasteiger partial charge on any atom is 0.161 e. The highest BCUT2D eigenvalue weighted by molar-refractivity contribution is 5.46. The molecule has 1 heterocycles. The molecule has 104 valence electrons. The molecular formula is C16H23NO2. The minimum atomic E-state index is 0.317. The van der Waals surface area contributed by atoms with E-state index in [-0.39, 0.29) is 0 Å². The van der Waals surface area contributed by atoms with Crippen LogP contribution in [0.15, 0.2) is 18.2 Å². The standard InChI is InChI=1S/C16H23NO2/c1-18-13-7-6-12(11-14(13)19-2)16-8-4-3-5-15(16)17-10-9-16/h6-7,11,15,17H,3-5,8-10H2,1-2H3/t15-,16-/m0/s1. The molecule has 0 bridgehead atoms. The van der Waals surface area contributed by atoms with Crippen LogP contribution >= 0.6 is 0 Å². The van der Waals surface area contributed by atoms with Gasteiger partial charge in [-0.15, -0.1) is 0 Å². The third-order valence-corrected chi connectivity index (χ3v) is 4.95. The Morgan fingerprint density at radius 3 is 2.74 bits per heavy atom. The first-order valence-electron chi connectivity index (χ1n) is 7.26. The predicted molar refractivity (Wildman–Crippen MR) is 76.1 cm³/mol. The van der Waals surface area contributed by atoms with E-state index in [4.69, 9.17) is 9.47 Å². The Bertz CT molecular complexity index is 460. The molecule has 2 aliphatic rings. The molecule has 1 aliphatic carbocycles. The minimum absolute atomic E-state index is 0.317. The summed E-state index contributed by atoms with van der Waals surface area (Å²) < 4.78 is 10.8. The van der Waals surface area contributed by atoms with Gasteiger partial charge in [-0.25, -0.2) is 0 Å². The highest BCUT2D eigenvalue weighted by atomic mass is 16.5. The lowest BCUT2D eigenvalue weighted by molar-refractivity contribution is 0.265. The SMILES string of the molecule is COc1ccc([C@@]23CCCC[C@@H]2NCC3)cc1OC. The number of nitrogens with one attached hydrogen (secondary N) is 1. The molecule has 1 saturated heterocycles. The van der Waals surface area contributed by atoms with Crippen molar-refractivity contribution in [3.63, 3.8) is 0 Å². The Hall–Kier alpha value is -1.22. The zero-order valence-corrected chi connectivity index (χ0v) is 11.9. The summed E-state index contributed by atoms with van der Waals surface area (Å²) in [7, 11) is 3.40. The summed E-state index contributed by atoms with van der Waals surface area (Å²) in [6.07, 6.45) is 6.53. The van der Waals surface area contributed by atoms with E-state index in [2.05, 4.69) is 17.4 Å². The van der Waals surface area contributed by atoms with Crippen molar-refractivity contribution in [3.8, 4) is 11.5 Å². The molecule has 0 amide bonds. The normalized spacial score (nSPS) is 29.9. The van der Waals surface area contributed by atoms with Crippen LogP contribution in [0.4, 0.5) is 0 Å². The van der Waals surface area contributed by atoms with Crippen molar-refractivity contribution in [2.45, 2.75) is 43.6 Å². The van der Waals surface area contributed by atoms with E-state index >= 15 is 0 Å². The van der Waals surface area contributed by atoms with Crippen molar-refractivity contribution in [2.24, 2.45) is 0 Å². The van der Waals surface area contributed by atoms with Gasteiger partial charge in [-0.05, 0) is 43.5 Å². The Morgan fingerprint density at radius 2 is 1.95 bits per heavy atom. The highest BCUT2D eigenvalue weighted by Crippen LogP contribution is 2.46. The molecule has 0 aromatic heterocycles. The van der Waals surface area contributed by atoms with Gasteiger partial charge in [0.2, 0.25) is 0 Å². The van der Waals surface area contributed by atoms with Crippen LogP contribution in [0.25, 0.3) is 0 Å². The number of methoxy groups -OCH3 is 2. The summed E-state index contributed by atoms with van der Waals surface area (Å²) in [6, 6.07) is 7.10. The third-order valence-electron chi connectivity index (χ3n) is 4.95. The molecular weight excluding hydrogens is 238 g/mol. The fourth-order valence-corrected chi connectivity index (χ4v) is 3.94. The topological polar surface area (TPSA) is 30.5 Å². The molecule has 2 atom stereocenters. The Kier molecular flexibility index (Phi) is 3.40. The summed E-state index contributed by atoms with van der Waals surface area (Å²) in [5, 5.41) is 3.69. The van der Waals surface area contributed by atoms with Gasteiger partial charge in [0, 0.05) is 11.5 Å². The molecule has 1 N–H and O–H groups in total. The van der Waals surface area contributed by atoms with Crippen LogP contribution < -0.4 is 14.8 Å². The van der Waals surface area contributed by atoms with Crippen LogP contribution in [-0.4, -0.2) is 26.8 Å². The summed E-state index contributed by atoms with van der Waals surface area (Å²) in [5.41, 5.74) is 1.73. The summed E-state index contributed by atoms with van der Waals surface area (Å²) >= 11 is 0. The maximum atomic E-state index is 5.47. The maximum absolute atomic E-state index is 5.47. The minimum Gasteiger partial charge on any atom is -0.493 e. The summed E-state index contributed by atoms with van der Waals surface area (Å²) in [5.74, 6) is 1.67. The molecule has 3 heteroatoms. The lowest BCUT2D eigenvalue weighted by Gasteiger charge is -2.39. The fourth-order valence-electron chi connectivity index (χ4n) is 3.94. The monoisotopic (exact) mass is 261 g/mol. The van der Waals surface area contributed by atoms with E-state index in [1.807, 2.05) is 6.07 Å². The lowest BCUT2D eigenvalue weighted by atomic mass is 9.66. The van der Waals surface area contributed by atoms with Crippen LogP contribution in [0, 0.1) is 0 Å². The molecule has 3 rings (SSSR count). The Morgan fingerprint density at radius 1 is 1.11 bits per heavy atom. The molecule has 19 heavy (non-hydrogen) atoms. The number of hydrogen-bond acceptors (Lipinski definition) is 3. The molecule has 3 nitrogen and oxygen atoms in total. The van der Waals surface area contributed by atoms with Gasteiger partial charge in [-0.3, -0.25) is 0 Å². The summed E-state index contributed by atoms with van der Waals surface area (Å²) in [4.78, 5) is 0. The van der Waals surface area contributed by atoms with Crippen LogP contribution in [0.2, 0.25) is 0 Å². The van der Waals surface area contributed by atoms with Gasteiger partial charge >= 0.3 is 0 Å². The molecule has 0 radical (unpaired) electrons. The molecule has 2 fully saturated rings. The molecule has 1 aromatic rings. The molecule has 0 unspecified atom stereocenters.